The van der Waals surface area contributed by atoms with Crippen LogP contribution in [0.15, 0.2) is 18.5 Å². The molecule has 0 aromatic carbocycles. The molecule has 1 fully saturated rings. The van der Waals surface area contributed by atoms with Crippen LogP contribution in [0.3, 0.4) is 0 Å². The van der Waals surface area contributed by atoms with Gasteiger partial charge in [-0.3, -0.25) is 9.78 Å². The first-order valence-corrected chi connectivity index (χ1v) is 8.21. The van der Waals surface area contributed by atoms with Gasteiger partial charge in [0.1, 0.15) is 0 Å². The summed E-state index contributed by atoms with van der Waals surface area (Å²) in [5.74, 6) is -0.000257. The van der Waals surface area contributed by atoms with Gasteiger partial charge in [0.15, 0.2) is 0 Å². The molecule has 4 nitrogen and oxygen atoms in total. The second-order valence-corrected chi connectivity index (χ2v) is 5.90. The predicted molar refractivity (Wildman–Crippen MR) is 85.7 cm³/mol. The lowest BCUT2D eigenvalue weighted by Crippen LogP contribution is -2.39. The highest BCUT2D eigenvalue weighted by molar-refractivity contribution is 6.33. The fraction of sp³-hybridized carbons (Fsp3) is 0.625. The average Bonchev–Trinajstić information content (AvgIpc) is 2.77. The number of carbonyl (C=O) groups excluding carboxylic acids is 1. The third kappa shape index (κ3) is 4.68. The third-order valence-electron chi connectivity index (χ3n) is 4.06. The summed E-state index contributed by atoms with van der Waals surface area (Å²) in [4.78, 5) is 20.8. The van der Waals surface area contributed by atoms with Crippen LogP contribution in [0.25, 0.3) is 0 Å². The molecule has 0 saturated carbocycles. The van der Waals surface area contributed by atoms with E-state index in [2.05, 4.69) is 9.88 Å². The summed E-state index contributed by atoms with van der Waals surface area (Å²) in [6.45, 7) is 6.72. The van der Waals surface area contributed by atoms with Crippen molar-refractivity contribution >= 4 is 17.5 Å². The number of amides is 1. The van der Waals surface area contributed by atoms with E-state index in [9.17, 15) is 4.79 Å². The van der Waals surface area contributed by atoms with E-state index in [0.29, 0.717) is 17.1 Å². The topological polar surface area (TPSA) is 36.4 Å². The average molecular weight is 310 g/mol. The van der Waals surface area contributed by atoms with Crippen molar-refractivity contribution in [3.63, 3.8) is 0 Å². The highest BCUT2D eigenvalue weighted by Crippen LogP contribution is 2.16. The van der Waals surface area contributed by atoms with E-state index >= 15 is 0 Å². The monoisotopic (exact) mass is 309 g/mol. The van der Waals surface area contributed by atoms with Crippen molar-refractivity contribution in [2.75, 3.05) is 32.7 Å². The Morgan fingerprint density at radius 1 is 1.33 bits per heavy atom. The van der Waals surface area contributed by atoms with Crippen molar-refractivity contribution in [2.45, 2.75) is 32.6 Å². The van der Waals surface area contributed by atoms with Crippen LogP contribution in [0.5, 0.6) is 0 Å². The van der Waals surface area contributed by atoms with Gasteiger partial charge in [-0.05, 0) is 38.9 Å². The van der Waals surface area contributed by atoms with Crippen molar-refractivity contribution in [3.05, 3.63) is 29.0 Å². The molecule has 116 valence electrons. The zero-order valence-electron chi connectivity index (χ0n) is 12.7. The van der Waals surface area contributed by atoms with Gasteiger partial charge >= 0.3 is 0 Å². The largest absolute Gasteiger partial charge is 0.338 e. The lowest BCUT2D eigenvalue weighted by molar-refractivity contribution is 0.0745. The highest BCUT2D eigenvalue weighted by Gasteiger charge is 2.18. The van der Waals surface area contributed by atoms with Crippen LogP contribution in [-0.2, 0) is 0 Å². The third-order valence-corrected chi connectivity index (χ3v) is 4.36. The van der Waals surface area contributed by atoms with E-state index in [1.54, 1.807) is 12.3 Å². The molecule has 1 aliphatic heterocycles. The van der Waals surface area contributed by atoms with E-state index in [4.69, 9.17) is 11.6 Å². The maximum atomic E-state index is 12.5. The normalized spacial score (nSPS) is 16.5. The molecule has 0 aliphatic carbocycles. The second-order valence-electron chi connectivity index (χ2n) is 5.50. The molecule has 21 heavy (non-hydrogen) atoms. The number of rotatable bonds is 5. The number of aromatic nitrogens is 1. The van der Waals surface area contributed by atoms with Crippen molar-refractivity contribution in [3.8, 4) is 0 Å². The molecule has 5 heteroatoms. The van der Waals surface area contributed by atoms with Crippen LogP contribution in [0.4, 0.5) is 0 Å². The summed E-state index contributed by atoms with van der Waals surface area (Å²) in [6, 6.07) is 1.69. The fourth-order valence-electron chi connectivity index (χ4n) is 2.74. The number of carbonyl (C=O) groups is 1. The van der Waals surface area contributed by atoms with Crippen molar-refractivity contribution in [1.82, 2.24) is 14.8 Å². The Bertz CT molecular complexity index is 459. The molecular formula is C16H24ClN3O. The lowest BCUT2D eigenvalue weighted by Gasteiger charge is -2.26. The fourth-order valence-corrected chi connectivity index (χ4v) is 2.94. The van der Waals surface area contributed by atoms with Gasteiger partial charge in [0.2, 0.25) is 0 Å². The minimum atomic E-state index is -0.000257. The van der Waals surface area contributed by atoms with E-state index < -0.39 is 0 Å². The first-order valence-electron chi connectivity index (χ1n) is 7.83. The summed E-state index contributed by atoms with van der Waals surface area (Å²) in [5, 5.41) is 0.427. The van der Waals surface area contributed by atoms with E-state index in [1.165, 1.54) is 31.9 Å². The van der Waals surface area contributed by atoms with Gasteiger partial charge in [-0.1, -0.05) is 24.4 Å². The van der Waals surface area contributed by atoms with Gasteiger partial charge in [-0.25, -0.2) is 0 Å². The maximum absolute atomic E-state index is 12.5. The predicted octanol–water partition coefficient (Wildman–Crippen LogP) is 3.07. The van der Waals surface area contributed by atoms with Gasteiger partial charge in [-0.15, -0.1) is 0 Å². The summed E-state index contributed by atoms with van der Waals surface area (Å²) >= 11 is 6.07. The molecule has 2 heterocycles. The minimum Gasteiger partial charge on any atom is -0.338 e. The Balaban J connectivity index is 1.93. The standard InChI is InChI=1S/C16H24ClN3O/c1-2-20(12-11-19-9-5-3-4-6-10-19)16(21)14-7-8-18-13-15(14)17/h7-8,13H,2-6,9-12H2,1H3. The van der Waals surface area contributed by atoms with Crippen LogP contribution in [0, 0.1) is 0 Å². The second kappa shape index (κ2) is 8.35. The molecule has 0 N–H and O–H groups in total. The Labute approximate surface area is 132 Å². The van der Waals surface area contributed by atoms with E-state index in [1.807, 2.05) is 11.8 Å². The molecule has 0 spiro atoms. The summed E-state index contributed by atoms with van der Waals surface area (Å²) in [5.41, 5.74) is 0.546. The van der Waals surface area contributed by atoms with Gasteiger partial charge in [-0.2, -0.15) is 0 Å². The summed E-state index contributed by atoms with van der Waals surface area (Å²) in [7, 11) is 0. The molecule has 0 atom stereocenters. The van der Waals surface area contributed by atoms with Gasteiger partial charge in [0.25, 0.3) is 5.91 Å². The molecule has 0 bridgehead atoms. The van der Waals surface area contributed by atoms with Crippen LogP contribution in [-0.4, -0.2) is 53.4 Å². The molecule has 1 amide bonds. The minimum absolute atomic E-state index is 0.000257. The number of likely N-dealkylation sites (tertiary alicyclic amines) is 1. The Morgan fingerprint density at radius 2 is 2.05 bits per heavy atom. The smallest absolute Gasteiger partial charge is 0.255 e. The van der Waals surface area contributed by atoms with Gasteiger partial charge in [0.05, 0.1) is 10.6 Å². The van der Waals surface area contributed by atoms with Crippen molar-refractivity contribution in [1.29, 1.82) is 0 Å². The van der Waals surface area contributed by atoms with Gasteiger partial charge in [0, 0.05) is 32.0 Å². The number of halogens is 1. The first kappa shape index (κ1) is 16.2. The molecular weight excluding hydrogens is 286 g/mol. The molecule has 0 unspecified atom stereocenters. The van der Waals surface area contributed by atoms with Crippen LogP contribution in [0.2, 0.25) is 5.02 Å². The number of likely N-dealkylation sites (N-methyl/N-ethyl adjacent to an activating group) is 1. The SMILES string of the molecule is CCN(CCN1CCCCCC1)C(=O)c1ccncc1Cl. The summed E-state index contributed by atoms with van der Waals surface area (Å²) in [6.07, 6.45) is 8.35. The van der Waals surface area contributed by atoms with Crippen LogP contribution >= 0.6 is 11.6 Å². The Hall–Kier alpha value is -1.13. The Kier molecular flexibility index (Phi) is 6.46. The zero-order valence-corrected chi connectivity index (χ0v) is 13.5. The van der Waals surface area contributed by atoms with Crippen molar-refractivity contribution in [2.24, 2.45) is 0 Å². The maximum Gasteiger partial charge on any atom is 0.255 e. The van der Waals surface area contributed by atoms with Crippen molar-refractivity contribution < 1.29 is 4.79 Å². The Morgan fingerprint density at radius 3 is 2.67 bits per heavy atom. The quantitative estimate of drug-likeness (QED) is 0.838. The number of hydrogen-bond acceptors (Lipinski definition) is 3. The van der Waals surface area contributed by atoms with E-state index in [0.717, 1.165) is 26.2 Å². The molecule has 1 aromatic rings. The molecule has 2 rings (SSSR count). The molecule has 0 radical (unpaired) electrons. The summed E-state index contributed by atoms with van der Waals surface area (Å²) < 4.78 is 0. The highest BCUT2D eigenvalue weighted by atomic mass is 35.5. The van der Waals surface area contributed by atoms with Gasteiger partial charge < -0.3 is 9.80 Å². The number of pyridine rings is 1. The van der Waals surface area contributed by atoms with E-state index in [-0.39, 0.29) is 5.91 Å². The molecule has 1 aliphatic rings. The number of nitrogens with zero attached hydrogens (tertiary/aromatic N) is 3. The number of hydrogen-bond donors (Lipinski definition) is 0. The molecule has 1 aromatic heterocycles. The molecule has 1 saturated heterocycles. The first-order chi connectivity index (χ1) is 10.2. The van der Waals surface area contributed by atoms with Crippen LogP contribution in [0.1, 0.15) is 43.0 Å². The lowest BCUT2D eigenvalue weighted by atomic mass is 10.2. The van der Waals surface area contributed by atoms with Crippen LogP contribution < -0.4 is 0 Å². The zero-order chi connectivity index (χ0) is 15.1.